The van der Waals surface area contributed by atoms with Crippen LogP contribution in [0.15, 0.2) is 61.2 Å². The summed E-state index contributed by atoms with van der Waals surface area (Å²) < 4.78 is 10.5. The molecule has 1 aliphatic carbocycles. The maximum Gasteiger partial charge on any atom is 0.409 e. The molecule has 0 atom stereocenters. The number of nitrogens with zero attached hydrogens (tertiary/aromatic N) is 1. The average Bonchev–Trinajstić information content (AvgIpc) is 3.15. The summed E-state index contributed by atoms with van der Waals surface area (Å²) in [6.07, 6.45) is 0.176. The van der Waals surface area contributed by atoms with Crippen LogP contribution in [-0.4, -0.2) is 60.0 Å². The van der Waals surface area contributed by atoms with Crippen LogP contribution in [0.3, 0.4) is 0 Å². The number of carboxylic acids is 1. The zero-order valence-electron chi connectivity index (χ0n) is 18.2. The van der Waals surface area contributed by atoms with Gasteiger partial charge in [0.1, 0.15) is 18.8 Å². The van der Waals surface area contributed by atoms with Gasteiger partial charge in [-0.1, -0.05) is 61.2 Å². The van der Waals surface area contributed by atoms with Crippen LogP contribution in [0.5, 0.6) is 0 Å². The first-order valence-electron chi connectivity index (χ1n) is 10.8. The first-order chi connectivity index (χ1) is 15.9. The lowest BCUT2D eigenvalue weighted by Crippen LogP contribution is -2.60. The molecule has 0 saturated carbocycles. The Bertz CT molecular complexity index is 1030. The maximum atomic E-state index is 12.8. The van der Waals surface area contributed by atoms with Crippen molar-refractivity contribution in [2.24, 2.45) is 0 Å². The highest BCUT2D eigenvalue weighted by atomic mass is 16.6. The van der Waals surface area contributed by atoms with Crippen molar-refractivity contribution < 1.29 is 29.0 Å². The molecule has 1 aliphatic heterocycles. The number of carbonyl (C=O) groups excluding carboxylic acids is 2. The SMILES string of the molecule is C=CCOC(=O)NC1(C(=O)O)CCN(C(=O)OCC2c3ccccc3-c3ccccc32)CC1. The van der Waals surface area contributed by atoms with E-state index in [0.29, 0.717) is 0 Å². The molecular formula is C25H26N2O6. The number of aliphatic carboxylic acids is 1. The Balaban J connectivity index is 1.37. The van der Waals surface area contributed by atoms with Crippen molar-refractivity contribution in [3.05, 3.63) is 72.3 Å². The predicted octanol–water partition coefficient (Wildman–Crippen LogP) is 3.77. The minimum absolute atomic E-state index is 0.0204. The molecule has 0 aromatic heterocycles. The highest BCUT2D eigenvalue weighted by molar-refractivity contribution is 5.85. The number of hydrogen-bond donors (Lipinski definition) is 2. The van der Waals surface area contributed by atoms with E-state index in [1.807, 2.05) is 36.4 Å². The molecule has 2 aliphatic rings. The van der Waals surface area contributed by atoms with Crippen molar-refractivity contribution in [3.63, 3.8) is 0 Å². The van der Waals surface area contributed by atoms with Gasteiger partial charge in [-0.15, -0.1) is 0 Å². The quantitative estimate of drug-likeness (QED) is 0.649. The van der Waals surface area contributed by atoms with Gasteiger partial charge in [0.15, 0.2) is 0 Å². The van der Waals surface area contributed by atoms with Gasteiger partial charge in [0.2, 0.25) is 0 Å². The van der Waals surface area contributed by atoms with E-state index in [1.54, 1.807) is 0 Å². The molecule has 33 heavy (non-hydrogen) atoms. The topological polar surface area (TPSA) is 105 Å². The van der Waals surface area contributed by atoms with Crippen molar-refractivity contribution in [3.8, 4) is 11.1 Å². The van der Waals surface area contributed by atoms with Crippen molar-refractivity contribution in [1.29, 1.82) is 0 Å². The van der Waals surface area contributed by atoms with E-state index in [4.69, 9.17) is 9.47 Å². The maximum absolute atomic E-state index is 12.8. The summed E-state index contributed by atoms with van der Waals surface area (Å²) in [6.45, 7) is 3.91. The summed E-state index contributed by atoms with van der Waals surface area (Å²) in [5, 5.41) is 12.1. The van der Waals surface area contributed by atoms with Gasteiger partial charge in [0.25, 0.3) is 0 Å². The Kier molecular flexibility index (Phi) is 6.35. The number of rotatable bonds is 6. The van der Waals surface area contributed by atoms with E-state index >= 15 is 0 Å². The van der Waals surface area contributed by atoms with Gasteiger partial charge in [0.05, 0.1) is 0 Å². The fourth-order valence-electron chi connectivity index (χ4n) is 4.51. The van der Waals surface area contributed by atoms with E-state index in [-0.39, 0.29) is 45.1 Å². The van der Waals surface area contributed by atoms with E-state index in [1.165, 1.54) is 11.0 Å². The van der Waals surface area contributed by atoms with Crippen LogP contribution in [0, 0.1) is 0 Å². The highest BCUT2D eigenvalue weighted by Crippen LogP contribution is 2.44. The van der Waals surface area contributed by atoms with Crippen LogP contribution in [0.2, 0.25) is 0 Å². The Morgan fingerprint density at radius 1 is 1.03 bits per heavy atom. The number of alkyl carbamates (subject to hydrolysis) is 1. The normalized spacial score (nSPS) is 16.3. The summed E-state index contributed by atoms with van der Waals surface area (Å²) in [6, 6.07) is 16.2. The predicted molar refractivity (Wildman–Crippen MR) is 121 cm³/mol. The largest absolute Gasteiger partial charge is 0.480 e. The Hall–Kier alpha value is -3.81. The molecule has 0 radical (unpaired) electrons. The number of nitrogens with one attached hydrogen (secondary N) is 1. The summed E-state index contributed by atoms with van der Waals surface area (Å²) >= 11 is 0. The third-order valence-electron chi connectivity index (χ3n) is 6.29. The number of likely N-dealkylation sites (tertiary alicyclic amines) is 1. The summed E-state index contributed by atoms with van der Waals surface area (Å²) in [4.78, 5) is 38.0. The van der Waals surface area contributed by atoms with Crippen molar-refractivity contribution in [2.75, 3.05) is 26.3 Å². The highest BCUT2D eigenvalue weighted by Gasteiger charge is 2.44. The number of carbonyl (C=O) groups is 3. The number of carboxylic acid groups (broad SMARTS) is 1. The summed E-state index contributed by atoms with van der Waals surface area (Å²) in [5.74, 6) is -1.21. The molecule has 0 spiro atoms. The van der Waals surface area contributed by atoms with E-state index in [9.17, 15) is 19.5 Å². The van der Waals surface area contributed by atoms with Gasteiger partial charge in [-0.25, -0.2) is 14.4 Å². The van der Waals surface area contributed by atoms with Crippen LogP contribution < -0.4 is 5.32 Å². The summed E-state index contributed by atoms with van der Waals surface area (Å²) in [5.41, 5.74) is 3.05. The molecule has 8 nitrogen and oxygen atoms in total. The minimum Gasteiger partial charge on any atom is -0.480 e. The van der Waals surface area contributed by atoms with Crippen LogP contribution >= 0.6 is 0 Å². The zero-order valence-corrected chi connectivity index (χ0v) is 18.2. The molecule has 0 bridgehead atoms. The number of fused-ring (bicyclic) bond motifs is 3. The molecular weight excluding hydrogens is 424 g/mol. The molecule has 2 aromatic rings. The number of piperidine rings is 1. The van der Waals surface area contributed by atoms with Crippen LogP contribution in [-0.2, 0) is 14.3 Å². The van der Waals surface area contributed by atoms with Crippen LogP contribution in [0.25, 0.3) is 11.1 Å². The average molecular weight is 450 g/mol. The molecule has 2 aromatic carbocycles. The Morgan fingerprint density at radius 3 is 2.15 bits per heavy atom. The van der Waals surface area contributed by atoms with Gasteiger partial charge >= 0.3 is 18.2 Å². The Labute approximate surface area is 191 Å². The summed E-state index contributed by atoms with van der Waals surface area (Å²) in [7, 11) is 0. The minimum atomic E-state index is -1.49. The van der Waals surface area contributed by atoms with E-state index in [2.05, 4.69) is 24.0 Å². The molecule has 0 unspecified atom stereocenters. The van der Waals surface area contributed by atoms with Crippen molar-refractivity contribution in [1.82, 2.24) is 10.2 Å². The molecule has 1 fully saturated rings. The third-order valence-corrected chi connectivity index (χ3v) is 6.29. The third kappa shape index (κ3) is 4.41. The number of amides is 2. The second-order valence-corrected chi connectivity index (χ2v) is 8.19. The number of hydrogen-bond acceptors (Lipinski definition) is 5. The monoisotopic (exact) mass is 450 g/mol. The van der Waals surface area contributed by atoms with Gasteiger partial charge in [-0.05, 0) is 35.1 Å². The lowest BCUT2D eigenvalue weighted by molar-refractivity contribution is -0.146. The fourth-order valence-corrected chi connectivity index (χ4v) is 4.51. The van der Waals surface area contributed by atoms with Gasteiger partial charge in [-0.3, -0.25) is 0 Å². The fraction of sp³-hybridized carbons (Fsp3) is 0.320. The molecule has 4 rings (SSSR count). The first kappa shape index (κ1) is 22.4. The van der Waals surface area contributed by atoms with Gasteiger partial charge < -0.3 is 24.8 Å². The molecule has 2 N–H and O–H groups in total. The van der Waals surface area contributed by atoms with Gasteiger partial charge in [0, 0.05) is 19.0 Å². The van der Waals surface area contributed by atoms with E-state index < -0.39 is 23.7 Å². The molecule has 2 amide bonds. The van der Waals surface area contributed by atoms with Crippen LogP contribution in [0.1, 0.15) is 29.9 Å². The smallest absolute Gasteiger partial charge is 0.409 e. The van der Waals surface area contributed by atoms with Crippen molar-refractivity contribution in [2.45, 2.75) is 24.3 Å². The molecule has 1 heterocycles. The second-order valence-electron chi connectivity index (χ2n) is 8.19. The lowest BCUT2D eigenvalue weighted by atomic mass is 9.88. The number of ether oxygens (including phenoxy) is 2. The van der Waals surface area contributed by atoms with E-state index in [0.717, 1.165) is 22.3 Å². The number of benzene rings is 2. The Morgan fingerprint density at radius 2 is 1.61 bits per heavy atom. The van der Waals surface area contributed by atoms with Crippen LogP contribution in [0.4, 0.5) is 9.59 Å². The second kappa shape index (κ2) is 9.36. The molecule has 1 saturated heterocycles. The molecule has 172 valence electrons. The first-order valence-corrected chi connectivity index (χ1v) is 10.8. The lowest BCUT2D eigenvalue weighted by Gasteiger charge is -2.38. The molecule has 8 heteroatoms. The van der Waals surface area contributed by atoms with Gasteiger partial charge in [-0.2, -0.15) is 0 Å². The zero-order chi connectivity index (χ0) is 23.4. The standard InChI is InChI=1S/C25H26N2O6/c1-2-15-32-23(30)26-25(22(28)29)11-13-27(14-12-25)24(31)33-16-21-19-9-5-3-7-17(19)18-8-4-6-10-20(18)21/h2-10,21H,1,11-16H2,(H,26,30)(H,28,29). The van der Waals surface area contributed by atoms with Crippen molar-refractivity contribution >= 4 is 18.2 Å².